The highest BCUT2D eigenvalue weighted by Crippen LogP contribution is 2.42. The highest BCUT2D eigenvalue weighted by Gasteiger charge is 2.38. The van der Waals surface area contributed by atoms with E-state index in [1.807, 2.05) is 26.8 Å². The number of hydrogen-bond donors (Lipinski definition) is 1. The maximum Gasteiger partial charge on any atom is 0.306 e. The number of carbonyl (C=O) groups excluding carboxylic acids is 1. The Morgan fingerprint density at radius 1 is 0.444 bits per heavy atom. The number of aromatic nitrogens is 3. The summed E-state index contributed by atoms with van der Waals surface area (Å²) in [7, 11) is 0. The van der Waals surface area contributed by atoms with Crippen molar-refractivity contribution >= 4 is 33.7 Å². The second-order valence-electron chi connectivity index (χ2n) is 27.0. The number of hydrogen-bond acceptors (Lipinski definition) is 8. The van der Waals surface area contributed by atoms with Crippen LogP contribution in [0.5, 0.6) is 0 Å². The lowest BCUT2D eigenvalue weighted by molar-refractivity contribution is -0.157. The summed E-state index contributed by atoms with van der Waals surface area (Å²) in [5.74, 6) is 1.28. The van der Waals surface area contributed by atoms with Crippen molar-refractivity contribution in [2.24, 2.45) is 0 Å². The minimum Gasteiger partial charge on any atom is -0.458 e. The van der Waals surface area contributed by atoms with Gasteiger partial charge in [0.1, 0.15) is 29.1 Å². The van der Waals surface area contributed by atoms with Crippen LogP contribution >= 0.6 is 0 Å². The first-order valence-corrected chi connectivity index (χ1v) is 37.2. The molecule has 1 N–H and O–H groups in total. The maximum atomic E-state index is 14.0. The Balaban J connectivity index is 1.08. The van der Waals surface area contributed by atoms with Crippen LogP contribution in [0, 0.1) is 0 Å². The predicted molar refractivity (Wildman–Crippen MR) is 385 cm³/mol. The minimum atomic E-state index is -0.841. The summed E-state index contributed by atoms with van der Waals surface area (Å²) in [6.07, 6.45) is 46.2. The Morgan fingerprint density at radius 3 is 1.22 bits per heavy atom. The summed E-state index contributed by atoms with van der Waals surface area (Å²) >= 11 is 0. The van der Waals surface area contributed by atoms with Gasteiger partial charge in [0.15, 0.2) is 5.82 Å². The maximum absolute atomic E-state index is 14.0. The number of imidazole rings is 1. The first-order valence-electron chi connectivity index (χ1n) is 37.2. The molecule has 0 fully saturated rings. The van der Waals surface area contributed by atoms with E-state index in [1.54, 1.807) is 0 Å². The van der Waals surface area contributed by atoms with E-state index in [0.717, 1.165) is 70.3 Å². The molecule has 9 nitrogen and oxygen atoms in total. The van der Waals surface area contributed by atoms with Gasteiger partial charge in [-0.3, -0.25) is 4.79 Å². The topological polar surface area (TPSA) is 84.8 Å². The molecule has 0 bridgehead atoms. The Morgan fingerprint density at radius 2 is 0.811 bits per heavy atom. The fourth-order valence-corrected chi connectivity index (χ4v) is 13.6. The lowest BCUT2D eigenvalue weighted by atomic mass is 9.77. The molecular formula is C81H126N6O3. The van der Waals surface area contributed by atoms with Crippen molar-refractivity contribution in [3.05, 3.63) is 138 Å². The van der Waals surface area contributed by atoms with Gasteiger partial charge in [0, 0.05) is 18.4 Å². The number of benzene rings is 4. The third kappa shape index (κ3) is 26.5. The molecule has 4 aromatic carbocycles. The summed E-state index contributed by atoms with van der Waals surface area (Å²) in [5, 5.41) is 5.05. The number of anilines is 1. The average molecular weight is 1230 g/mol. The fourth-order valence-electron chi connectivity index (χ4n) is 13.6. The van der Waals surface area contributed by atoms with Crippen molar-refractivity contribution in [2.75, 3.05) is 51.2 Å². The Kier molecular flexibility index (Phi) is 36.5. The van der Waals surface area contributed by atoms with Crippen LogP contribution in [0.4, 0.5) is 5.82 Å². The van der Waals surface area contributed by atoms with Crippen LogP contribution in [-0.2, 0) is 33.0 Å². The second-order valence-corrected chi connectivity index (χ2v) is 27.0. The largest absolute Gasteiger partial charge is 0.458 e. The van der Waals surface area contributed by atoms with E-state index >= 15 is 0 Å². The fraction of sp³-hybridized carbons (Fsp3) is 0.642. The zero-order valence-electron chi connectivity index (χ0n) is 58.0. The van der Waals surface area contributed by atoms with Crippen molar-refractivity contribution in [1.82, 2.24) is 24.3 Å². The number of nitrogens with one attached hydrogen (secondary N) is 1. The van der Waals surface area contributed by atoms with E-state index in [4.69, 9.17) is 19.4 Å². The SMILES string of the molecule is CCCCCCCCCCCCN(CCCCCCCCCCCC)CCCN(CCCCCCCCCCCC)CCCCCC(=O)OC(C)(C)Cn1c(COCC)nc2c(NC(c3ccccc3)(c3ccccc3)c3ccccc3)nc3ccccc3c21. The van der Waals surface area contributed by atoms with Gasteiger partial charge in [-0.1, -0.05) is 310 Å². The summed E-state index contributed by atoms with van der Waals surface area (Å²) < 4.78 is 14.9. The predicted octanol–water partition coefficient (Wildman–Crippen LogP) is 22.2. The number of unbranched alkanes of at least 4 members (excludes halogenated alkanes) is 29. The molecule has 2 aromatic heterocycles. The number of ether oxygens (including phenoxy) is 2. The standard InChI is InChI=1S/C81H126N6O3/c1-7-11-14-17-20-23-26-29-32-48-62-85(63-49-33-30-27-24-21-18-15-12-8-2)66-52-67-86(64-50-34-31-28-25-22-19-16-13-9-3)65-51-38-45-61-76(88)90-80(5,6)69-87-75(68-89-10-4)83-77-78(87)73-59-46-47-60-74(73)82-79(77)84-81(70-53-39-35-40-54-70,71-55-41-36-42-56-71)72-57-43-37-44-58-72/h35-37,39-44,46-47,53-60H,7-34,38,45,48-52,61-69H2,1-6H3,(H,82,84). The molecule has 498 valence electrons. The molecule has 0 aliphatic heterocycles. The molecule has 6 rings (SSSR count). The smallest absolute Gasteiger partial charge is 0.306 e. The molecule has 0 spiro atoms. The van der Waals surface area contributed by atoms with Gasteiger partial charge in [-0.05, 0) is 121 Å². The zero-order chi connectivity index (χ0) is 63.6. The summed E-state index contributed by atoms with van der Waals surface area (Å²) in [6, 6.07) is 40.2. The molecular weight excluding hydrogens is 1100 g/mol. The first-order chi connectivity index (χ1) is 44.2. The Hall–Kier alpha value is -5.09. The van der Waals surface area contributed by atoms with Gasteiger partial charge < -0.3 is 29.2 Å². The molecule has 0 atom stereocenters. The van der Waals surface area contributed by atoms with Gasteiger partial charge in [0.2, 0.25) is 0 Å². The van der Waals surface area contributed by atoms with Gasteiger partial charge >= 0.3 is 5.97 Å². The zero-order valence-corrected chi connectivity index (χ0v) is 58.0. The normalized spacial score (nSPS) is 12.1. The van der Waals surface area contributed by atoms with Crippen molar-refractivity contribution in [1.29, 1.82) is 0 Å². The highest BCUT2D eigenvalue weighted by molar-refractivity contribution is 6.07. The molecule has 0 unspecified atom stereocenters. The van der Waals surface area contributed by atoms with Crippen LogP contribution in [-0.4, -0.2) is 81.8 Å². The third-order valence-electron chi connectivity index (χ3n) is 18.7. The monoisotopic (exact) mass is 1230 g/mol. The number of esters is 1. The molecule has 0 amide bonds. The van der Waals surface area contributed by atoms with Gasteiger partial charge in [-0.25, -0.2) is 9.97 Å². The van der Waals surface area contributed by atoms with E-state index in [2.05, 4.69) is 150 Å². The van der Waals surface area contributed by atoms with Gasteiger partial charge in [0.05, 0.1) is 17.6 Å². The summed E-state index contributed by atoms with van der Waals surface area (Å²) in [4.78, 5) is 30.5. The van der Waals surface area contributed by atoms with E-state index in [1.165, 1.54) is 232 Å². The molecule has 2 heterocycles. The second kappa shape index (κ2) is 44.5. The van der Waals surface area contributed by atoms with E-state index in [0.29, 0.717) is 32.0 Å². The van der Waals surface area contributed by atoms with Crippen LogP contribution in [0.15, 0.2) is 115 Å². The van der Waals surface area contributed by atoms with Gasteiger partial charge in [-0.15, -0.1) is 0 Å². The van der Waals surface area contributed by atoms with Crippen LogP contribution in [0.3, 0.4) is 0 Å². The van der Waals surface area contributed by atoms with E-state index in [-0.39, 0.29) is 5.97 Å². The Labute approximate surface area is 549 Å². The molecule has 9 heteroatoms. The van der Waals surface area contributed by atoms with Crippen LogP contribution < -0.4 is 5.32 Å². The number of nitrogens with zero attached hydrogens (tertiary/aromatic N) is 5. The van der Waals surface area contributed by atoms with Crippen molar-refractivity contribution in [3.8, 4) is 0 Å². The van der Waals surface area contributed by atoms with Crippen LogP contribution in [0.1, 0.15) is 289 Å². The minimum absolute atomic E-state index is 0.143. The van der Waals surface area contributed by atoms with Gasteiger partial charge in [-0.2, -0.15) is 0 Å². The lowest BCUT2D eigenvalue weighted by Gasteiger charge is -2.37. The molecule has 0 aliphatic carbocycles. The van der Waals surface area contributed by atoms with Crippen LogP contribution in [0.2, 0.25) is 0 Å². The molecule has 0 radical (unpaired) electrons. The number of carbonyl (C=O) groups is 1. The molecule has 90 heavy (non-hydrogen) atoms. The molecule has 0 saturated heterocycles. The summed E-state index contributed by atoms with van der Waals surface area (Å²) in [6.45, 7) is 21.5. The van der Waals surface area contributed by atoms with Crippen molar-refractivity contribution in [3.63, 3.8) is 0 Å². The quantitative estimate of drug-likeness (QED) is 0.0230. The summed E-state index contributed by atoms with van der Waals surface area (Å²) in [5.41, 5.74) is 4.09. The van der Waals surface area contributed by atoms with Crippen molar-refractivity contribution in [2.45, 2.75) is 291 Å². The first kappa shape index (κ1) is 74.0. The number of para-hydroxylation sites is 1. The van der Waals surface area contributed by atoms with Gasteiger partial charge in [0.25, 0.3) is 0 Å². The number of rotatable bonds is 54. The molecule has 6 aromatic rings. The Bertz CT molecular complexity index is 2640. The van der Waals surface area contributed by atoms with E-state index < -0.39 is 11.1 Å². The number of pyridine rings is 1. The lowest BCUT2D eigenvalue weighted by Crippen LogP contribution is -2.38. The number of fused-ring (bicyclic) bond motifs is 3. The molecule has 0 saturated carbocycles. The molecule has 0 aliphatic rings. The van der Waals surface area contributed by atoms with E-state index in [9.17, 15) is 4.79 Å². The average Bonchev–Trinajstić information content (AvgIpc) is 1.35. The van der Waals surface area contributed by atoms with Crippen LogP contribution in [0.25, 0.3) is 21.9 Å². The third-order valence-corrected chi connectivity index (χ3v) is 18.7. The highest BCUT2D eigenvalue weighted by atomic mass is 16.6. The van der Waals surface area contributed by atoms with Crippen molar-refractivity contribution < 1.29 is 14.3 Å².